The third-order valence-corrected chi connectivity index (χ3v) is 3.50. The Kier molecular flexibility index (Phi) is 19.4. The maximum atomic E-state index is 11.0. The molecular formula is C18H36N2O5. The zero-order valence-electron chi connectivity index (χ0n) is 16.3. The highest BCUT2D eigenvalue weighted by Crippen LogP contribution is 2.27. The van der Waals surface area contributed by atoms with Crippen molar-refractivity contribution in [2.45, 2.75) is 59.3 Å². The molecule has 1 aliphatic rings. The lowest BCUT2D eigenvalue weighted by atomic mass is 9.81. The minimum Gasteiger partial charge on any atom is -0.384 e. The normalized spacial score (nSPS) is 12.6. The molecule has 0 aromatic carbocycles. The first-order valence-corrected chi connectivity index (χ1v) is 9.15. The Morgan fingerprint density at radius 2 is 1.72 bits per heavy atom. The number of nitrogens with two attached hydrogens (primary N) is 1. The molecule has 1 fully saturated rings. The smallest absolute Gasteiger partial charge is 0.222 e. The van der Waals surface area contributed by atoms with Gasteiger partial charge in [-0.3, -0.25) is 14.4 Å². The molecular weight excluding hydrogens is 324 g/mol. The van der Waals surface area contributed by atoms with Crippen molar-refractivity contribution in [3.05, 3.63) is 0 Å². The molecule has 1 saturated carbocycles. The molecule has 7 heteroatoms. The van der Waals surface area contributed by atoms with Gasteiger partial charge in [0.15, 0.2) is 0 Å². The second-order valence-electron chi connectivity index (χ2n) is 5.37. The summed E-state index contributed by atoms with van der Waals surface area (Å²) in [6.45, 7) is 7.46. The number of methoxy groups -OCH3 is 1. The molecule has 1 aliphatic carbocycles. The van der Waals surface area contributed by atoms with Crippen molar-refractivity contribution >= 4 is 17.6 Å². The van der Waals surface area contributed by atoms with Gasteiger partial charge in [0.2, 0.25) is 11.8 Å². The Bertz CT molecular complexity index is 357. The predicted octanol–water partition coefficient (Wildman–Crippen LogP) is 1.82. The molecule has 0 radical (unpaired) electrons. The summed E-state index contributed by atoms with van der Waals surface area (Å²) < 4.78 is 9.79. The van der Waals surface area contributed by atoms with Gasteiger partial charge in [-0.15, -0.1) is 0 Å². The first-order valence-electron chi connectivity index (χ1n) is 9.15. The van der Waals surface area contributed by atoms with Crippen LogP contribution >= 0.6 is 0 Å². The summed E-state index contributed by atoms with van der Waals surface area (Å²) in [5, 5.41) is 2.65. The number of hydrogen-bond acceptors (Lipinski definition) is 5. The zero-order valence-corrected chi connectivity index (χ0v) is 16.3. The average Bonchev–Trinajstić information content (AvgIpc) is 2.56. The molecule has 2 amide bonds. The first kappa shape index (κ1) is 25.8. The molecule has 1 rings (SSSR count). The Hall–Kier alpha value is -1.47. The maximum Gasteiger partial charge on any atom is 0.222 e. The molecule has 0 saturated heterocycles. The van der Waals surface area contributed by atoms with Crippen molar-refractivity contribution in [2.24, 2.45) is 11.7 Å². The van der Waals surface area contributed by atoms with Crippen LogP contribution in [0.25, 0.3) is 0 Å². The van der Waals surface area contributed by atoms with E-state index in [-0.39, 0.29) is 18.2 Å². The molecule has 0 spiro atoms. The van der Waals surface area contributed by atoms with Crippen LogP contribution in [-0.4, -0.2) is 51.1 Å². The van der Waals surface area contributed by atoms with Crippen LogP contribution < -0.4 is 11.1 Å². The number of rotatable bonds is 11. The van der Waals surface area contributed by atoms with E-state index in [1.807, 2.05) is 20.8 Å². The number of ketones is 1. The minimum atomic E-state index is -0.390. The Labute approximate surface area is 152 Å². The molecule has 0 unspecified atom stereocenters. The van der Waals surface area contributed by atoms with E-state index < -0.39 is 0 Å². The van der Waals surface area contributed by atoms with E-state index in [4.69, 9.17) is 15.2 Å². The van der Waals surface area contributed by atoms with Crippen molar-refractivity contribution in [1.29, 1.82) is 0 Å². The highest BCUT2D eigenvalue weighted by atomic mass is 16.5. The van der Waals surface area contributed by atoms with Crippen molar-refractivity contribution in [1.82, 2.24) is 5.32 Å². The monoisotopic (exact) mass is 360 g/mol. The minimum absolute atomic E-state index is 0.0737. The van der Waals surface area contributed by atoms with Gasteiger partial charge in [0.1, 0.15) is 5.78 Å². The van der Waals surface area contributed by atoms with Crippen LogP contribution in [0.2, 0.25) is 0 Å². The Morgan fingerprint density at radius 3 is 2.12 bits per heavy atom. The summed E-state index contributed by atoms with van der Waals surface area (Å²) in [6.07, 6.45) is 4.88. The zero-order chi connectivity index (χ0) is 19.5. The lowest BCUT2D eigenvalue weighted by molar-refractivity contribution is -0.125. The van der Waals surface area contributed by atoms with Crippen LogP contribution in [0.1, 0.15) is 59.3 Å². The largest absolute Gasteiger partial charge is 0.384 e. The first-order chi connectivity index (χ1) is 12.0. The summed E-state index contributed by atoms with van der Waals surface area (Å²) in [4.78, 5) is 32.1. The number of ether oxygens (including phenoxy) is 2. The lowest BCUT2D eigenvalue weighted by Crippen LogP contribution is -2.28. The Balaban J connectivity index is 0. The van der Waals surface area contributed by atoms with Gasteiger partial charge < -0.3 is 20.5 Å². The van der Waals surface area contributed by atoms with E-state index in [0.29, 0.717) is 44.5 Å². The Morgan fingerprint density at radius 1 is 1.08 bits per heavy atom. The van der Waals surface area contributed by atoms with E-state index >= 15 is 0 Å². The van der Waals surface area contributed by atoms with Crippen LogP contribution in [-0.2, 0) is 23.9 Å². The van der Waals surface area contributed by atoms with Gasteiger partial charge in [0, 0.05) is 38.8 Å². The van der Waals surface area contributed by atoms with Crippen molar-refractivity contribution in [2.75, 3.05) is 33.5 Å². The van der Waals surface area contributed by atoms with Crippen molar-refractivity contribution < 1.29 is 23.9 Å². The predicted molar refractivity (Wildman–Crippen MR) is 98.1 cm³/mol. The number of hydrogen-bond donors (Lipinski definition) is 2. The van der Waals surface area contributed by atoms with E-state index in [0.717, 1.165) is 19.3 Å². The standard InChI is InChI=1S/C9H18N2O4.C7H12O.C2H6/c1-14-5-3-9(13)11-4-7-15-6-2-8(10)12;1-2-7(8)6-4-3-5-6;1-2/h2-7H2,1H3,(H2,10,12)(H,11,13);6H,2-5H2,1H3;1-2H3. The topological polar surface area (TPSA) is 108 Å². The fraction of sp³-hybridized carbons (Fsp3) is 0.833. The molecule has 7 nitrogen and oxygen atoms in total. The van der Waals surface area contributed by atoms with Gasteiger partial charge in [-0.1, -0.05) is 27.2 Å². The van der Waals surface area contributed by atoms with E-state index in [1.54, 1.807) is 7.11 Å². The summed E-state index contributed by atoms with van der Waals surface area (Å²) in [5.41, 5.74) is 4.91. The molecule has 0 aliphatic heterocycles. The summed E-state index contributed by atoms with van der Waals surface area (Å²) >= 11 is 0. The van der Waals surface area contributed by atoms with Crippen LogP contribution in [0.15, 0.2) is 0 Å². The fourth-order valence-corrected chi connectivity index (χ4v) is 1.84. The second-order valence-corrected chi connectivity index (χ2v) is 5.37. The summed E-state index contributed by atoms with van der Waals surface area (Å²) in [7, 11) is 1.54. The molecule has 25 heavy (non-hydrogen) atoms. The van der Waals surface area contributed by atoms with Gasteiger partial charge in [0.25, 0.3) is 0 Å². The number of carbonyl (C=O) groups excluding carboxylic acids is 3. The van der Waals surface area contributed by atoms with Gasteiger partial charge in [-0.25, -0.2) is 0 Å². The van der Waals surface area contributed by atoms with Gasteiger partial charge in [-0.05, 0) is 12.8 Å². The SMILES string of the molecule is CC.CCC(=O)C1CCC1.COCCC(=O)NCCOCCC(N)=O. The van der Waals surface area contributed by atoms with Crippen molar-refractivity contribution in [3.8, 4) is 0 Å². The average molecular weight is 360 g/mol. The third-order valence-electron chi connectivity index (χ3n) is 3.50. The van der Waals surface area contributed by atoms with Crippen LogP contribution in [0, 0.1) is 5.92 Å². The lowest BCUT2D eigenvalue weighted by Gasteiger charge is -2.22. The summed E-state index contributed by atoms with van der Waals surface area (Å²) in [6, 6.07) is 0. The fourth-order valence-electron chi connectivity index (χ4n) is 1.84. The molecule has 148 valence electrons. The third kappa shape index (κ3) is 17.2. The van der Waals surface area contributed by atoms with Crippen molar-refractivity contribution in [3.63, 3.8) is 0 Å². The highest BCUT2D eigenvalue weighted by Gasteiger charge is 2.22. The van der Waals surface area contributed by atoms with E-state index in [1.165, 1.54) is 6.42 Å². The maximum absolute atomic E-state index is 11.0. The molecule has 0 aromatic heterocycles. The van der Waals surface area contributed by atoms with Crippen LogP contribution in [0.4, 0.5) is 0 Å². The van der Waals surface area contributed by atoms with E-state index in [9.17, 15) is 14.4 Å². The van der Waals surface area contributed by atoms with Gasteiger partial charge in [-0.2, -0.15) is 0 Å². The van der Waals surface area contributed by atoms with Gasteiger partial charge in [0.05, 0.1) is 19.8 Å². The molecule has 3 N–H and O–H groups in total. The van der Waals surface area contributed by atoms with E-state index in [2.05, 4.69) is 5.32 Å². The van der Waals surface area contributed by atoms with Crippen LogP contribution in [0.5, 0.6) is 0 Å². The highest BCUT2D eigenvalue weighted by molar-refractivity contribution is 5.81. The molecule has 0 atom stereocenters. The number of primary amides is 1. The number of carbonyl (C=O) groups is 3. The van der Waals surface area contributed by atoms with Crippen LogP contribution in [0.3, 0.4) is 0 Å². The second kappa shape index (κ2) is 18.9. The number of nitrogens with one attached hydrogen (secondary N) is 1. The molecule has 0 heterocycles. The number of Topliss-reactive ketones (excluding diaryl/α,β-unsaturated/α-hetero) is 1. The quantitative estimate of drug-likeness (QED) is 0.547. The van der Waals surface area contributed by atoms with Gasteiger partial charge >= 0.3 is 0 Å². The summed E-state index contributed by atoms with van der Waals surface area (Å²) in [5.74, 6) is 0.464. The number of amides is 2. The molecule has 0 aromatic rings. The molecule has 0 bridgehead atoms.